The summed E-state index contributed by atoms with van der Waals surface area (Å²) in [6.07, 6.45) is 0.785. The van der Waals surface area contributed by atoms with Crippen LogP contribution in [0.5, 0.6) is 11.5 Å². The second-order valence-electron chi connectivity index (χ2n) is 7.55. The maximum Gasteiger partial charge on any atom is 0.169 e. The van der Waals surface area contributed by atoms with E-state index in [1.54, 1.807) is 0 Å². The van der Waals surface area contributed by atoms with Crippen molar-refractivity contribution in [1.29, 1.82) is 0 Å². The van der Waals surface area contributed by atoms with E-state index in [1.165, 1.54) is 5.56 Å². The zero-order valence-electron chi connectivity index (χ0n) is 19.2. The first-order valence-corrected chi connectivity index (χ1v) is 12.1. The lowest BCUT2D eigenvalue weighted by molar-refractivity contribution is 0.320. The van der Waals surface area contributed by atoms with Crippen LogP contribution >= 0.6 is 23.8 Å². The standard InChI is InChI=1S/C27H31ClN2O2S/c1-3-31-24-15-14-22(26(18-24)32-4-2)16-17-29-27(33)30(19-21-10-6-5-7-11-21)20-23-12-8-9-13-25(23)28/h5-15,18H,3-4,16-17,19-20H2,1-2H3,(H,29,33). The highest BCUT2D eigenvalue weighted by molar-refractivity contribution is 7.80. The maximum absolute atomic E-state index is 6.43. The van der Waals surface area contributed by atoms with Gasteiger partial charge in [0.1, 0.15) is 11.5 Å². The zero-order valence-corrected chi connectivity index (χ0v) is 20.8. The zero-order chi connectivity index (χ0) is 23.5. The first-order chi connectivity index (χ1) is 16.1. The highest BCUT2D eigenvalue weighted by Crippen LogP contribution is 2.25. The first-order valence-electron chi connectivity index (χ1n) is 11.3. The van der Waals surface area contributed by atoms with Crippen molar-refractivity contribution < 1.29 is 9.47 Å². The average molecular weight is 483 g/mol. The van der Waals surface area contributed by atoms with Crippen molar-refractivity contribution in [2.24, 2.45) is 0 Å². The van der Waals surface area contributed by atoms with Gasteiger partial charge in [-0.15, -0.1) is 0 Å². The summed E-state index contributed by atoms with van der Waals surface area (Å²) in [5, 5.41) is 4.87. The average Bonchev–Trinajstić information content (AvgIpc) is 2.82. The van der Waals surface area contributed by atoms with E-state index in [0.717, 1.165) is 34.1 Å². The monoisotopic (exact) mass is 482 g/mol. The maximum atomic E-state index is 6.43. The summed E-state index contributed by atoms with van der Waals surface area (Å²) in [5.74, 6) is 1.68. The highest BCUT2D eigenvalue weighted by atomic mass is 35.5. The highest BCUT2D eigenvalue weighted by Gasteiger charge is 2.13. The van der Waals surface area contributed by atoms with Crippen molar-refractivity contribution in [3.8, 4) is 11.5 Å². The van der Waals surface area contributed by atoms with Crippen molar-refractivity contribution in [2.75, 3.05) is 19.8 Å². The lowest BCUT2D eigenvalue weighted by atomic mass is 10.1. The molecular weight excluding hydrogens is 452 g/mol. The van der Waals surface area contributed by atoms with Crippen LogP contribution in [0.3, 0.4) is 0 Å². The Hall–Kier alpha value is -2.76. The van der Waals surface area contributed by atoms with Crippen LogP contribution in [0.2, 0.25) is 5.02 Å². The van der Waals surface area contributed by atoms with Crippen molar-refractivity contribution in [3.63, 3.8) is 0 Å². The molecule has 4 nitrogen and oxygen atoms in total. The molecule has 3 aromatic rings. The molecule has 174 valence electrons. The minimum absolute atomic E-state index is 0.608. The molecule has 0 atom stereocenters. The molecule has 3 aromatic carbocycles. The number of thiocarbonyl (C=S) groups is 1. The van der Waals surface area contributed by atoms with E-state index < -0.39 is 0 Å². The third-order valence-corrected chi connectivity index (χ3v) is 5.91. The predicted octanol–water partition coefficient (Wildman–Crippen LogP) is 6.26. The Balaban J connectivity index is 1.67. The van der Waals surface area contributed by atoms with Crippen LogP contribution < -0.4 is 14.8 Å². The van der Waals surface area contributed by atoms with E-state index in [-0.39, 0.29) is 0 Å². The number of hydrogen-bond donors (Lipinski definition) is 1. The largest absolute Gasteiger partial charge is 0.494 e. The number of benzene rings is 3. The summed E-state index contributed by atoms with van der Waals surface area (Å²) in [5.41, 5.74) is 3.36. The third kappa shape index (κ3) is 7.65. The van der Waals surface area contributed by atoms with Crippen LogP contribution in [-0.2, 0) is 19.5 Å². The Morgan fingerprint density at radius 1 is 0.879 bits per heavy atom. The van der Waals surface area contributed by atoms with Crippen LogP contribution in [0.4, 0.5) is 0 Å². The Labute approximate surface area is 207 Å². The van der Waals surface area contributed by atoms with Gasteiger partial charge in [-0.25, -0.2) is 0 Å². The molecule has 0 saturated heterocycles. The first kappa shape index (κ1) is 24.9. The van der Waals surface area contributed by atoms with E-state index in [2.05, 4.69) is 28.4 Å². The van der Waals surface area contributed by atoms with Gasteiger partial charge < -0.3 is 19.7 Å². The quantitative estimate of drug-likeness (QED) is 0.326. The number of nitrogens with zero attached hydrogens (tertiary/aromatic N) is 1. The number of halogens is 1. The van der Waals surface area contributed by atoms with E-state index in [4.69, 9.17) is 33.3 Å². The number of nitrogens with one attached hydrogen (secondary N) is 1. The van der Waals surface area contributed by atoms with E-state index in [1.807, 2.05) is 68.4 Å². The van der Waals surface area contributed by atoms with Crippen molar-refractivity contribution >= 4 is 28.9 Å². The molecule has 0 unspecified atom stereocenters. The van der Waals surface area contributed by atoms with Gasteiger partial charge in [-0.3, -0.25) is 0 Å². The summed E-state index contributed by atoms with van der Waals surface area (Å²) < 4.78 is 11.4. The smallest absolute Gasteiger partial charge is 0.169 e. The van der Waals surface area contributed by atoms with Gasteiger partial charge in [-0.2, -0.15) is 0 Å². The summed E-state index contributed by atoms with van der Waals surface area (Å²) in [4.78, 5) is 2.15. The Bertz CT molecular complexity index is 1030. The summed E-state index contributed by atoms with van der Waals surface area (Å²) in [7, 11) is 0. The Morgan fingerprint density at radius 3 is 2.33 bits per heavy atom. The van der Waals surface area contributed by atoms with Crippen molar-refractivity contribution in [2.45, 2.75) is 33.4 Å². The summed E-state index contributed by atoms with van der Waals surface area (Å²) >= 11 is 12.2. The van der Waals surface area contributed by atoms with E-state index in [9.17, 15) is 0 Å². The van der Waals surface area contributed by atoms with Crippen LogP contribution in [0.25, 0.3) is 0 Å². The van der Waals surface area contributed by atoms with Gasteiger partial charge in [-0.1, -0.05) is 66.2 Å². The second kappa shape index (κ2) is 13.1. The molecule has 6 heteroatoms. The van der Waals surface area contributed by atoms with Gasteiger partial charge >= 0.3 is 0 Å². The number of rotatable bonds is 11. The van der Waals surface area contributed by atoms with E-state index >= 15 is 0 Å². The minimum atomic E-state index is 0.608. The lowest BCUT2D eigenvalue weighted by Gasteiger charge is -2.27. The van der Waals surface area contributed by atoms with Crippen LogP contribution in [0.15, 0.2) is 72.8 Å². The van der Waals surface area contributed by atoms with Crippen molar-refractivity contribution in [3.05, 3.63) is 94.5 Å². The minimum Gasteiger partial charge on any atom is -0.494 e. The van der Waals surface area contributed by atoms with E-state index in [0.29, 0.717) is 38.0 Å². The second-order valence-corrected chi connectivity index (χ2v) is 8.34. The number of hydrogen-bond acceptors (Lipinski definition) is 3. The van der Waals surface area contributed by atoms with Crippen molar-refractivity contribution in [1.82, 2.24) is 10.2 Å². The molecule has 0 aliphatic rings. The van der Waals surface area contributed by atoms with Gasteiger partial charge in [-0.05, 0) is 61.3 Å². The summed E-state index contributed by atoms with van der Waals surface area (Å²) in [6.45, 7) is 7.23. The predicted molar refractivity (Wildman–Crippen MR) is 140 cm³/mol. The molecule has 0 aliphatic heterocycles. The third-order valence-electron chi connectivity index (χ3n) is 5.14. The molecule has 0 aromatic heterocycles. The molecular formula is C27H31ClN2O2S. The Kier molecular flexibility index (Phi) is 9.85. The molecule has 3 rings (SSSR count). The summed E-state index contributed by atoms with van der Waals surface area (Å²) in [6, 6.07) is 24.2. The van der Waals surface area contributed by atoms with Gasteiger partial charge in [0.25, 0.3) is 0 Å². The molecule has 0 aliphatic carbocycles. The fourth-order valence-corrected chi connectivity index (χ4v) is 3.97. The van der Waals surface area contributed by atoms with Gasteiger partial charge in [0.15, 0.2) is 5.11 Å². The molecule has 0 fully saturated rings. The SMILES string of the molecule is CCOc1ccc(CCNC(=S)N(Cc2ccccc2)Cc2ccccc2Cl)c(OCC)c1. The van der Waals surface area contributed by atoms with Crippen LogP contribution in [0.1, 0.15) is 30.5 Å². The molecule has 1 N–H and O–H groups in total. The molecule has 0 saturated carbocycles. The molecule has 33 heavy (non-hydrogen) atoms. The normalized spacial score (nSPS) is 10.5. The molecule has 0 spiro atoms. The number of ether oxygens (including phenoxy) is 2. The van der Waals surface area contributed by atoms with Gasteiger partial charge in [0.05, 0.1) is 13.2 Å². The van der Waals surface area contributed by atoms with Crippen LogP contribution in [-0.4, -0.2) is 29.8 Å². The topological polar surface area (TPSA) is 33.7 Å². The van der Waals surface area contributed by atoms with Gasteiger partial charge in [0.2, 0.25) is 0 Å². The Morgan fingerprint density at radius 2 is 1.61 bits per heavy atom. The fraction of sp³-hybridized carbons (Fsp3) is 0.296. The molecule has 0 radical (unpaired) electrons. The lowest BCUT2D eigenvalue weighted by Crippen LogP contribution is -2.39. The molecule has 0 bridgehead atoms. The fourth-order valence-electron chi connectivity index (χ4n) is 3.54. The molecule has 0 amide bonds. The van der Waals surface area contributed by atoms with Gasteiger partial charge in [0, 0.05) is 30.7 Å². The molecule has 0 heterocycles. The van der Waals surface area contributed by atoms with Crippen LogP contribution in [0, 0.1) is 0 Å².